The Bertz CT molecular complexity index is 1020. The molecule has 1 saturated carbocycles. The Hall–Kier alpha value is -1.83. The number of piperidine rings is 2. The van der Waals surface area contributed by atoms with E-state index in [-0.39, 0.29) is 42.2 Å². The van der Waals surface area contributed by atoms with E-state index in [1.165, 1.54) is 0 Å². The monoisotopic (exact) mass is 451 g/mol. The number of pyridine rings is 1. The van der Waals surface area contributed by atoms with Gasteiger partial charge in [-0.1, -0.05) is 0 Å². The molecule has 0 spiro atoms. The van der Waals surface area contributed by atoms with Gasteiger partial charge in [0.15, 0.2) is 0 Å². The Balaban J connectivity index is 0.00000109. The number of aryl methyl sites for hydroxylation is 1. The van der Waals surface area contributed by atoms with Crippen molar-refractivity contribution in [2.75, 3.05) is 26.2 Å². The van der Waals surface area contributed by atoms with Gasteiger partial charge in [0.1, 0.15) is 5.82 Å². The highest BCUT2D eigenvalue weighted by atomic mass is 35.5. The van der Waals surface area contributed by atoms with Crippen molar-refractivity contribution in [1.82, 2.24) is 24.3 Å². The Kier molecular flexibility index (Phi) is 5.49. The summed E-state index contributed by atoms with van der Waals surface area (Å²) in [5.74, 6) is 3.05. The van der Waals surface area contributed by atoms with Crippen LogP contribution in [0.5, 0.6) is 0 Å². The first-order chi connectivity index (χ1) is 13.6. The molecule has 1 N–H and O–H groups in total. The molecule has 2 bridgehead atoms. The maximum Gasteiger partial charge on any atom is 0.261 e. The first-order valence-corrected chi connectivity index (χ1v) is 10.3. The molecule has 0 radical (unpaired) electrons. The number of likely N-dealkylation sites (tertiary alicyclic amines) is 1. The number of rotatable bonds is 2. The van der Waals surface area contributed by atoms with E-state index in [9.17, 15) is 9.59 Å². The van der Waals surface area contributed by atoms with Gasteiger partial charge in [-0.2, -0.15) is 0 Å². The lowest BCUT2D eigenvalue weighted by molar-refractivity contribution is -0.136. The second kappa shape index (κ2) is 7.70. The van der Waals surface area contributed by atoms with Crippen LogP contribution >= 0.6 is 24.8 Å². The molecule has 0 aromatic carbocycles. The molecule has 1 amide bonds. The fraction of sp³-hybridized carbons (Fsp3) is 0.571. The standard InChI is InChI=1S/C21H25N5O2.2ClH/c1-24-5-4-23-19(24)14-2-3-17-13-6-12(10-26(17)20(14)27)9-25(11-13)21(28)18-15-7-22-8-16(15)18;;/h2-5,12-13,15-16,18,22H,6-11H2,1H3;2*1H/t12-,13+,15-,16+,18?;;/m0../s1. The van der Waals surface area contributed by atoms with Crippen molar-refractivity contribution in [3.05, 3.63) is 40.6 Å². The van der Waals surface area contributed by atoms with Gasteiger partial charge >= 0.3 is 0 Å². The van der Waals surface area contributed by atoms with Crippen molar-refractivity contribution in [1.29, 1.82) is 0 Å². The highest BCUT2D eigenvalue weighted by molar-refractivity contribution is 5.85. The fourth-order valence-corrected chi connectivity index (χ4v) is 5.92. The van der Waals surface area contributed by atoms with Crippen LogP contribution in [0.3, 0.4) is 0 Å². The summed E-state index contributed by atoms with van der Waals surface area (Å²) in [5.41, 5.74) is 1.78. The number of nitrogens with one attached hydrogen (secondary N) is 1. The summed E-state index contributed by atoms with van der Waals surface area (Å²) in [6, 6.07) is 3.99. The van der Waals surface area contributed by atoms with Crippen LogP contribution in [0.1, 0.15) is 18.0 Å². The van der Waals surface area contributed by atoms with E-state index in [2.05, 4.69) is 21.3 Å². The number of nitrogens with zero attached hydrogens (tertiary/aromatic N) is 4. The van der Waals surface area contributed by atoms with E-state index in [0.29, 0.717) is 41.6 Å². The Labute approximate surface area is 187 Å². The molecule has 6 rings (SSSR count). The van der Waals surface area contributed by atoms with Gasteiger partial charge in [0.05, 0.1) is 5.56 Å². The highest BCUT2D eigenvalue weighted by Gasteiger charge is 2.58. The topological polar surface area (TPSA) is 72.2 Å². The maximum absolute atomic E-state index is 13.2. The van der Waals surface area contributed by atoms with E-state index in [4.69, 9.17) is 0 Å². The molecule has 3 aliphatic heterocycles. The number of carbonyl (C=O) groups is 1. The average Bonchev–Trinajstić information content (AvgIpc) is 3.01. The van der Waals surface area contributed by atoms with Gasteiger partial charge in [-0.15, -0.1) is 24.8 Å². The van der Waals surface area contributed by atoms with E-state index < -0.39 is 0 Å². The minimum atomic E-state index is 0. The number of hydrogen-bond acceptors (Lipinski definition) is 4. The number of halogens is 2. The third-order valence-corrected chi connectivity index (χ3v) is 7.35. The smallest absolute Gasteiger partial charge is 0.261 e. The molecule has 30 heavy (non-hydrogen) atoms. The third kappa shape index (κ3) is 3.10. The lowest BCUT2D eigenvalue weighted by Gasteiger charge is -2.43. The largest absolute Gasteiger partial charge is 0.341 e. The van der Waals surface area contributed by atoms with Gasteiger partial charge in [-0.05, 0) is 49.4 Å². The van der Waals surface area contributed by atoms with Crippen molar-refractivity contribution in [3.8, 4) is 11.4 Å². The molecule has 4 aliphatic rings. The van der Waals surface area contributed by atoms with Crippen molar-refractivity contribution < 1.29 is 4.79 Å². The number of aromatic nitrogens is 3. The molecule has 162 valence electrons. The first kappa shape index (κ1) is 21.4. The van der Waals surface area contributed by atoms with Crippen LogP contribution in [0.2, 0.25) is 0 Å². The zero-order valence-electron chi connectivity index (χ0n) is 16.9. The van der Waals surface area contributed by atoms with E-state index in [1.807, 2.05) is 28.4 Å². The molecule has 5 heterocycles. The summed E-state index contributed by atoms with van der Waals surface area (Å²) in [4.78, 5) is 32.7. The Morgan fingerprint density at radius 3 is 2.60 bits per heavy atom. The van der Waals surface area contributed by atoms with Gasteiger partial charge in [-0.25, -0.2) is 4.98 Å². The van der Waals surface area contributed by atoms with Crippen LogP contribution < -0.4 is 10.9 Å². The van der Waals surface area contributed by atoms with Crippen molar-refractivity contribution >= 4 is 30.7 Å². The van der Waals surface area contributed by atoms with Crippen molar-refractivity contribution in [3.63, 3.8) is 0 Å². The second-order valence-electron chi connectivity index (χ2n) is 9.00. The molecule has 2 aromatic rings. The summed E-state index contributed by atoms with van der Waals surface area (Å²) >= 11 is 0. The van der Waals surface area contributed by atoms with Gasteiger partial charge in [0.25, 0.3) is 5.56 Å². The van der Waals surface area contributed by atoms with Gasteiger partial charge in [-0.3, -0.25) is 9.59 Å². The summed E-state index contributed by atoms with van der Waals surface area (Å²) in [7, 11) is 1.91. The Morgan fingerprint density at radius 2 is 1.90 bits per heavy atom. The van der Waals surface area contributed by atoms with Crippen LogP contribution in [-0.4, -0.2) is 51.1 Å². The summed E-state index contributed by atoms with van der Waals surface area (Å²) < 4.78 is 3.83. The lowest BCUT2D eigenvalue weighted by atomic mass is 9.82. The van der Waals surface area contributed by atoms with Crippen LogP contribution in [0.15, 0.2) is 29.3 Å². The normalized spacial score (nSPS) is 30.6. The molecular formula is C21H27Cl2N5O2. The predicted molar refractivity (Wildman–Crippen MR) is 118 cm³/mol. The molecular weight excluding hydrogens is 425 g/mol. The van der Waals surface area contributed by atoms with Gasteiger partial charge in [0.2, 0.25) is 5.91 Å². The molecule has 3 fully saturated rings. The number of imidazole rings is 1. The number of fused-ring (bicyclic) bond motifs is 5. The molecule has 9 heteroatoms. The van der Waals surface area contributed by atoms with Gasteiger partial charge in [0, 0.05) is 56.6 Å². The molecule has 1 unspecified atom stereocenters. The highest BCUT2D eigenvalue weighted by Crippen LogP contribution is 2.50. The lowest BCUT2D eigenvalue weighted by Crippen LogP contribution is -2.50. The first-order valence-electron chi connectivity index (χ1n) is 10.3. The van der Waals surface area contributed by atoms with E-state index >= 15 is 0 Å². The molecule has 2 saturated heterocycles. The van der Waals surface area contributed by atoms with Crippen LogP contribution in [-0.2, 0) is 18.4 Å². The quantitative estimate of drug-likeness (QED) is 0.750. The van der Waals surface area contributed by atoms with E-state index in [0.717, 1.165) is 38.3 Å². The number of hydrogen-bond donors (Lipinski definition) is 1. The zero-order valence-corrected chi connectivity index (χ0v) is 18.5. The summed E-state index contributed by atoms with van der Waals surface area (Å²) in [6.45, 7) is 4.23. The predicted octanol–water partition coefficient (Wildman–Crippen LogP) is 1.50. The van der Waals surface area contributed by atoms with Crippen molar-refractivity contribution in [2.45, 2.75) is 18.9 Å². The van der Waals surface area contributed by atoms with E-state index in [1.54, 1.807) is 6.20 Å². The maximum atomic E-state index is 13.2. The van der Waals surface area contributed by atoms with Crippen LogP contribution in [0.25, 0.3) is 11.4 Å². The van der Waals surface area contributed by atoms with Crippen LogP contribution in [0.4, 0.5) is 0 Å². The number of carbonyl (C=O) groups excluding carboxylic acids is 1. The Morgan fingerprint density at radius 1 is 1.13 bits per heavy atom. The molecule has 2 aromatic heterocycles. The SMILES string of the molecule is Cl.Cl.Cn1ccnc1-c1ccc2n(c1=O)C[C@H]1C[C@@H]2CN(C(=O)C2[C@H]3CNC[C@@H]23)C1. The third-order valence-electron chi connectivity index (χ3n) is 7.35. The van der Waals surface area contributed by atoms with Gasteiger partial charge < -0.3 is 19.4 Å². The second-order valence-corrected chi connectivity index (χ2v) is 9.00. The average molecular weight is 452 g/mol. The summed E-state index contributed by atoms with van der Waals surface area (Å²) in [6.07, 6.45) is 4.66. The molecule has 5 atom stereocenters. The minimum absolute atomic E-state index is 0. The molecule has 7 nitrogen and oxygen atoms in total. The fourth-order valence-electron chi connectivity index (χ4n) is 5.92. The summed E-state index contributed by atoms with van der Waals surface area (Å²) in [5, 5.41) is 3.37. The zero-order chi connectivity index (χ0) is 19.0. The number of amides is 1. The molecule has 1 aliphatic carbocycles. The minimum Gasteiger partial charge on any atom is -0.341 e. The van der Waals surface area contributed by atoms with Crippen molar-refractivity contribution in [2.24, 2.45) is 30.7 Å². The van der Waals surface area contributed by atoms with Crippen LogP contribution in [0, 0.1) is 23.7 Å².